The van der Waals surface area contributed by atoms with Crippen LogP contribution >= 0.6 is 0 Å². The van der Waals surface area contributed by atoms with Crippen LogP contribution in [0.15, 0.2) is 78.9 Å². The van der Waals surface area contributed by atoms with E-state index in [-0.39, 0.29) is 68.2 Å². The first-order chi connectivity index (χ1) is 23.5. The van der Waals surface area contributed by atoms with E-state index in [1.165, 1.54) is 12.1 Å². The van der Waals surface area contributed by atoms with Crippen molar-refractivity contribution in [2.45, 2.75) is 77.2 Å². The Morgan fingerprint density at radius 2 is 1.54 bits per heavy atom. The van der Waals surface area contributed by atoms with Crippen molar-refractivity contribution < 1.29 is 65.1 Å². The quantitative estimate of drug-likeness (QED) is 0.150. The van der Waals surface area contributed by atoms with Crippen molar-refractivity contribution in [2.75, 3.05) is 13.1 Å². The molecule has 1 aliphatic heterocycles. The molecule has 0 saturated carbocycles. The molecule has 0 radical (unpaired) electrons. The minimum Gasteiger partial charge on any atom is -1.00 e. The Bertz CT molecular complexity index is 1780. The summed E-state index contributed by atoms with van der Waals surface area (Å²) in [6.45, 7) is 5.59. The molecule has 3 aromatic carbocycles. The average molecular weight is 694 g/mol. The molecule has 11 heteroatoms. The Morgan fingerprint density at radius 3 is 2.18 bits per heavy atom. The number of rotatable bonds is 14. The number of aromatic nitrogens is 1. The van der Waals surface area contributed by atoms with Gasteiger partial charge in [-0.25, -0.2) is 4.39 Å². The number of carbonyl (C=O) groups excluding carboxylic acids is 2. The first-order valence-electron chi connectivity index (χ1n) is 16.9. The second-order valence-corrected chi connectivity index (χ2v) is 12.9. The van der Waals surface area contributed by atoms with E-state index >= 15 is 0 Å². The Labute approximate surface area is 315 Å². The predicted octanol–water partition coefficient (Wildman–Crippen LogP) is 3.34. The third kappa shape index (κ3) is 9.50. The first-order valence-corrected chi connectivity index (χ1v) is 16.9. The molecule has 1 fully saturated rings. The molecule has 0 spiro atoms. The maximum absolute atomic E-state index is 14.4. The van der Waals surface area contributed by atoms with E-state index in [0.29, 0.717) is 28.8 Å². The Hall–Kier alpha value is -3.80. The Morgan fingerprint density at radius 1 is 0.880 bits per heavy atom. The van der Waals surface area contributed by atoms with Crippen LogP contribution in [0.25, 0.3) is 22.3 Å². The molecule has 4 N–H and O–H groups in total. The largest absolute Gasteiger partial charge is 1.00 e. The average Bonchev–Trinajstić information content (AvgIpc) is 3.74. The van der Waals surface area contributed by atoms with Gasteiger partial charge in [0, 0.05) is 48.1 Å². The van der Waals surface area contributed by atoms with Crippen LogP contribution in [-0.4, -0.2) is 67.9 Å². The molecule has 5 rings (SSSR count). The summed E-state index contributed by atoms with van der Waals surface area (Å²) in [7, 11) is 0. The molecular formula is C39H45FN3NaO6. The van der Waals surface area contributed by atoms with Crippen LogP contribution in [-0.2, 0) is 17.8 Å². The van der Waals surface area contributed by atoms with E-state index in [1.807, 2.05) is 71.8 Å². The SMILES string of the molecule is CC(C)n1c(CCC(O)CC(O)CC(=O)O)c(-c2ccc(F)cc2)c(-c2ccccc2)c1C(=O)NCc1cccc(C(=O)N2CCCC2)c1.[H-].[Na+]. The summed E-state index contributed by atoms with van der Waals surface area (Å²) in [6.07, 6.45) is -0.321. The molecule has 2 unspecified atom stereocenters. The molecule has 50 heavy (non-hydrogen) atoms. The van der Waals surface area contributed by atoms with Crippen molar-refractivity contribution in [3.8, 4) is 22.3 Å². The zero-order chi connectivity index (χ0) is 35.1. The summed E-state index contributed by atoms with van der Waals surface area (Å²) >= 11 is 0. The van der Waals surface area contributed by atoms with Crippen LogP contribution in [0.1, 0.15) is 85.5 Å². The van der Waals surface area contributed by atoms with Crippen LogP contribution in [0.4, 0.5) is 4.39 Å². The van der Waals surface area contributed by atoms with Crippen molar-refractivity contribution in [2.24, 2.45) is 0 Å². The topological polar surface area (TPSA) is 132 Å². The normalized spacial score (nSPS) is 13.9. The van der Waals surface area contributed by atoms with Gasteiger partial charge in [-0.05, 0) is 86.9 Å². The van der Waals surface area contributed by atoms with E-state index in [0.717, 1.165) is 48.3 Å². The maximum Gasteiger partial charge on any atom is 1.00 e. The minimum absolute atomic E-state index is 0. The number of aliphatic carboxylic acids is 1. The van der Waals surface area contributed by atoms with Crippen LogP contribution in [0.5, 0.6) is 0 Å². The first kappa shape index (κ1) is 39.0. The molecule has 260 valence electrons. The predicted molar refractivity (Wildman–Crippen MR) is 187 cm³/mol. The van der Waals surface area contributed by atoms with Gasteiger partial charge in [0.15, 0.2) is 0 Å². The van der Waals surface area contributed by atoms with Gasteiger partial charge in [0.2, 0.25) is 0 Å². The van der Waals surface area contributed by atoms with Gasteiger partial charge < -0.3 is 31.5 Å². The van der Waals surface area contributed by atoms with Crippen LogP contribution in [0.3, 0.4) is 0 Å². The van der Waals surface area contributed by atoms with Crippen molar-refractivity contribution in [3.63, 3.8) is 0 Å². The molecule has 0 aliphatic carbocycles. The summed E-state index contributed by atoms with van der Waals surface area (Å²) in [5.41, 5.74) is 5.37. The number of carboxylic acids is 1. The summed E-state index contributed by atoms with van der Waals surface area (Å²) in [6, 6.07) is 22.7. The fraction of sp³-hybridized carbons (Fsp3) is 0.359. The molecule has 9 nitrogen and oxygen atoms in total. The maximum atomic E-state index is 14.4. The minimum atomic E-state index is -1.20. The number of benzene rings is 3. The Balaban J connectivity index is 0.00000351. The summed E-state index contributed by atoms with van der Waals surface area (Å²) < 4.78 is 16.1. The van der Waals surface area contributed by atoms with Gasteiger partial charge in [0.1, 0.15) is 11.5 Å². The van der Waals surface area contributed by atoms with E-state index < -0.39 is 30.4 Å². The van der Waals surface area contributed by atoms with Gasteiger partial charge in [-0.3, -0.25) is 14.4 Å². The van der Waals surface area contributed by atoms with Gasteiger partial charge >= 0.3 is 35.5 Å². The van der Waals surface area contributed by atoms with E-state index in [9.17, 15) is 29.0 Å². The second-order valence-electron chi connectivity index (χ2n) is 12.9. The van der Waals surface area contributed by atoms with Crippen LogP contribution < -0.4 is 34.9 Å². The molecule has 2 amide bonds. The van der Waals surface area contributed by atoms with Crippen LogP contribution in [0, 0.1) is 5.82 Å². The number of nitrogens with zero attached hydrogens (tertiary/aromatic N) is 2. The number of carbonyl (C=O) groups is 3. The summed E-state index contributed by atoms with van der Waals surface area (Å²) in [5, 5.41) is 33.1. The van der Waals surface area contributed by atoms with Crippen molar-refractivity contribution in [1.29, 1.82) is 0 Å². The molecule has 2 heterocycles. The number of aliphatic hydroxyl groups is 2. The number of nitrogens with one attached hydrogen (secondary N) is 1. The van der Waals surface area contributed by atoms with E-state index in [2.05, 4.69) is 5.32 Å². The molecule has 2 atom stereocenters. The molecule has 0 bridgehead atoms. The summed E-state index contributed by atoms with van der Waals surface area (Å²) in [5.74, 6) is -1.91. The number of halogens is 1. The van der Waals surface area contributed by atoms with Gasteiger partial charge in [-0.15, -0.1) is 0 Å². The molecule has 1 aliphatic rings. The molecule has 1 saturated heterocycles. The number of hydrogen-bond acceptors (Lipinski definition) is 5. The fourth-order valence-electron chi connectivity index (χ4n) is 6.69. The third-order valence-electron chi connectivity index (χ3n) is 8.92. The number of carboxylic acid groups (broad SMARTS) is 1. The van der Waals surface area contributed by atoms with E-state index in [4.69, 9.17) is 5.11 Å². The van der Waals surface area contributed by atoms with Crippen molar-refractivity contribution in [3.05, 3.63) is 107 Å². The zero-order valence-corrected chi connectivity index (χ0v) is 30.9. The van der Waals surface area contributed by atoms with Crippen molar-refractivity contribution >= 4 is 17.8 Å². The van der Waals surface area contributed by atoms with E-state index in [1.54, 1.807) is 18.2 Å². The Kier molecular flexibility index (Phi) is 14.0. The van der Waals surface area contributed by atoms with Gasteiger partial charge in [-0.2, -0.15) is 0 Å². The third-order valence-corrected chi connectivity index (χ3v) is 8.92. The van der Waals surface area contributed by atoms with Gasteiger partial charge in [-0.1, -0.05) is 54.6 Å². The fourth-order valence-corrected chi connectivity index (χ4v) is 6.69. The number of aliphatic hydroxyl groups excluding tert-OH is 2. The standard InChI is InChI=1S/C39H44FN3O6.Na.H/c1-25(2)43-33(18-17-31(44)22-32(45)23-34(46)47)35(28-13-15-30(40)16-14-28)36(27-10-4-3-5-11-27)37(43)38(48)41-24-26-9-8-12-29(21-26)39(49)42-19-6-7-20-42;;/h3-5,8-16,21,25,31-32,44-45H,6-7,17-20,22-24H2,1-2H3,(H,41,48)(H,46,47);;/q;+1;-1. The molecule has 4 aromatic rings. The van der Waals surface area contributed by atoms with Crippen LogP contribution in [0.2, 0.25) is 0 Å². The monoisotopic (exact) mass is 693 g/mol. The summed E-state index contributed by atoms with van der Waals surface area (Å²) in [4.78, 5) is 40.4. The smallest absolute Gasteiger partial charge is 1.00 e. The number of likely N-dealkylation sites (tertiary alicyclic amines) is 1. The zero-order valence-electron chi connectivity index (χ0n) is 29.9. The number of amides is 2. The van der Waals surface area contributed by atoms with Crippen molar-refractivity contribution in [1.82, 2.24) is 14.8 Å². The number of hydrogen-bond donors (Lipinski definition) is 4. The van der Waals surface area contributed by atoms with Gasteiger partial charge in [0.05, 0.1) is 18.6 Å². The van der Waals surface area contributed by atoms with Gasteiger partial charge in [0.25, 0.3) is 11.8 Å². The molecular weight excluding hydrogens is 648 g/mol. The molecule has 1 aromatic heterocycles. The second kappa shape index (κ2) is 17.9.